The van der Waals surface area contributed by atoms with Gasteiger partial charge in [-0.1, -0.05) is 0 Å². The highest BCUT2D eigenvalue weighted by atomic mass is 16.5. The number of nitrogens with one attached hydrogen (secondary N) is 1. The SMILES string of the molecule is CCNc1nnc(C2CCC(C(=O)O)O2)n1CC. The van der Waals surface area contributed by atoms with Crippen LogP contribution in [0.3, 0.4) is 0 Å². The van der Waals surface area contributed by atoms with Crippen molar-refractivity contribution < 1.29 is 14.6 Å². The van der Waals surface area contributed by atoms with E-state index in [1.54, 1.807) is 0 Å². The zero-order valence-corrected chi connectivity index (χ0v) is 10.6. The van der Waals surface area contributed by atoms with Gasteiger partial charge in [0.25, 0.3) is 0 Å². The van der Waals surface area contributed by atoms with Crippen LogP contribution in [0.4, 0.5) is 5.95 Å². The summed E-state index contributed by atoms with van der Waals surface area (Å²) >= 11 is 0. The second-order valence-corrected chi connectivity index (χ2v) is 4.19. The molecule has 1 aliphatic heterocycles. The van der Waals surface area contributed by atoms with Gasteiger partial charge in [-0.25, -0.2) is 4.79 Å². The summed E-state index contributed by atoms with van der Waals surface area (Å²) in [6.45, 7) is 5.47. The van der Waals surface area contributed by atoms with Crippen molar-refractivity contribution >= 4 is 11.9 Å². The third-order valence-corrected chi connectivity index (χ3v) is 3.01. The molecule has 1 aromatic rings. The average molecular weight is 254 g/mol. The molecule has 0 aromatic carbocycles. The van der Waals surface area contributed by atoms with Crippen molar-refractivity contribution in [3.63, 3.8) is 0 Å². The normalized spacial score (nSPS) is 23.2. The fourth-order valence-corrected chi connectivity index (χ4v) is 2.16. The highest BCUT2D eigenvalue weighted by Gasteiger charge is 2.34. The van der Waals surface area contributed by atoms with E-state index in [0.29, 0.717) is 24.6 Å². The highest BCUT2D eigenvalue weighted by Crippen LogP contribution is 2.32. The van der Waals surface area contributed by atoms with E-state index in [4.69, 9.17) is 9.84 Å². The Balaban J connectivity index is 2.16. The molecule has 7 heteroatoms. The third kappa shape index (κ3) is 2.31. The lowest BCUT2D eigenvalue weighted by atomic mass is 10.2. The summed E-state index contributed by atoms with van der Waals surface area (Å²) in [5, 5.41) is 20.2. The molecule has 18 heavy (non-hydrogen) atoms. The monoisotopic (exact) mass is 254 g/mol. The summed E-state index contributed by atoms with van der Waals surface area (Å²) in [5.74, 6) is 0.501. The maximum absolute atomic E-state index is 10.9. The summed E-state index contributed by atoms with van der Waals surface area (Å²) in [4.78, 5) is 10.9. The Labute approximate surface area is 105 Å². The maximum Gasteiger partial charge on any atom is 0.332 e. The Morgan fingerprint density at radius 1 is 1.50 bits per heavy atom. The van der Waals surface area contributed by atoms with Crippen LogP contribution in [0.25, 0.3) is 0 Å². The first-order valence-electron chi connectivity index (χ1n) is 6.22. The van der Waals surface area contributed by atoms with Gasteiger partial charge in [0.05, 0.1) is 0 Å². The van der Waals surface area contributed by atoms with Gasteiger partial charge in [-0.15, -0.1) is 10.2 Å². The van der Waals surface area contributed by atoms with Crippen LogP contribution < -0.4 is 5.32 Å². The number of nitrogens with zero attached hydrogens (tertiary/aromatic N) is 3. The summed E-state index contributed by atoms with van der Waals surface area (Å²) in [6.07, 6.45) is 0.194. The van der Waals surface area contributed by atoms with E-state index in [2.05, 4.69) is 15.5 Å². The van der Waals surface area contributed by atoms with E-state index in [0.717, 1.165) is 13.1 Å². The molecule has 0 spiro atoms. The molecule has 0 aliphatic carbocycles. The molecule has 1 aliphatic rings. The summed E-state index contributed by atoms with van der Waals surface area (Å²) in [7, 11) is 0. The molecule has 0 bridgehead atoms. The summed E-state index contributed by atoms with van der Waals surface area (Å²) < 4.78 is 7.42. The van der Waals surface area contributed by atoms with Crippen LogP contribution in [-0.4, -0.2) is 38.5 Å². The predicted molar refractivity (Wildman–Crippen MR) is 64.3 cm³/mol. The van der Waals surface area contributed by atoms with Gasteiger partial charge in [0, 0.05) is 13.1 Å². The molecule has 100 valence electrons. The summed E-state index contributed by atoms with van der Waals surface area (Å²) in [5.41, 5.74) is 0. The van der Waals surface area contributed by atoms with E-state index in [9.17, 15) is 4.79 Å². The molecular formula is C11H18N4O3. The van der Waals surface area contributed by atoms with E-state index in [1.807, 2.05) is 18.4 Å². The molecular weight excluding hydrogens is 236 g/mol. The highest BCUT2D eigenvalue weighted by molar-refractivity contribution is 5.72. The van der Waals surface area contributed by atoms with Crippen LogP contribution in [-0.2, 0) is 16.1 Å². The average Bonchev–Trinajstić information content (AvgIpc) is 2.94. The Morgan fingerprint density at radius 2 is 2.28 bits per heavy atom. The number of carboxylic acid groups (broad SMARTS) is 1. The van der Waals surface area contributed by atoms with Gasteiger partial charge in [-0.05, 0) is 26.7 Å². The van der Waals surface area contributed by atoms with Crippen LogP contribution in [0.15, 0.2) is 0 Å². The van der Waals surface area contributed by atoms with E-state index in [1.165, 1.54) is 0 Å². The number of anilines is 1. The van der Waals surface area contributed by atoms with Crippen molar-refractivity contribution in [2.24, 2.45) is 0 Å². The first kappa shape index (κ1) is 12.8. The lowest BCUT2D eigenvalue weighted by Gasteiger charge is -2.13. The molecule has 2 heterocycles. The molecule has 0 saturated carbocycles. The molecule has 1 fully saturated rings. The van der Waals surface area contributed by atoms with Crippen molar-refractivity contribution in [1.29, 1.82) is 0 Å². The van der Waals surface area contributed by atoms with Crippen molar-refractivity contribution in [2.45, 2.75) is 45.4 Å². The van der Waals surface area contributed by atoms with Crippen LogP contribution >= 0.6 is 0 Å². The molecule has 2 N–H and O–H groups in total. The Kier molecular flexibility index (Phi) is 3.81. The number of rotatable bonds is 5. The zero-order chi connectivity index (χ0) is 13.1. The molecule has 1 aromatic heterocycles. The Morgan fingerprint density at radius 3 is 2.83 bits per heavy atom. The van der Waals surface area contributed by atoms with Crippen molar-refractivity contribution in [3.05, 3.63) is 5.82 Å². The minimum Gasteiger partial charge on any atom is -0.479 e. The molecule has 2 atom stereocenters. The molecule has 2 rings (SSSR count). The number of carboxylic acids is 1. The number of aromatic nitrogens is 3. The fourth-order valence-electron chi connectivity index (χ4n) is 2.16. The second kappa shape index (κ2) is 5.34. The predicted octanol–water partition coefficient (Wildman–Crippen LogP) is 1.03. The number of hydrogen-bond donors (Lipinski definition) is 2. The van der Waals surface area contributed by atoms with Crippen molar-refractivity contribution in [2.75, 3.05) is 11.9 Å². The Bertz CT molecular complexity index is 432. The van der Waals surface area contributed by atoms with Gasteiger partial charge < -0.3 is 15.2 Å². The van der Waals surface area contributed by atoms with Gasteiger partial charge in [-0.2, -0.15) is 0 Å². The smallest absolute Gasteiger partial charge is 0.332 e. The van der Waals surface area contributed by atoms with E-state index >= 15 is 0 Å². The largest absolute Gasteiger partial charge is 0.479 e. The van der Waals surface area contributed by atoms with Gasteiger partial charge in [0.2, 0.25) is 5.95 Å². The van der Waals surface area contributed by atoms with Gasteiger partial charge in [-0.3, -0.25) is 4.57 Å². The van der Waals surface area contributed by atoms with Gasteiger partial charge >= 0.3 is 5.97 Å². The standard InChI is InChI=1S/C11H18N4O3/c1-3-12-11-14-13-9(15(11)4-2)7-5-6-8(18-7)10(16)17/h7-8H,3-6H2,1-2H3,(H,12,14)(H,16,17). The molecule has 2 unspecified atom stereocenters. The van der Waals surface area contributed by atoms with Crippen LogP contribution in [0, 0.1) is 0 Å². The van der Waals surface area contributed by atoms with Gasteiger partial charge in [0.1, 0.15) is 6.10 Å². The summed E-state index contributed by atoms with van der Waals surface area (Å²) in [6, 6.07) is 0. The van der Waals surface area contributed by atoms with E-state index in [-0.39, 0.29) is 6.10 Å². The van der Waals surface area contributed by atoms with Gasteiger partial charge in [0.15, 0.2) is 11.9 Å². The fraction of sp³-hybridized carbons (Fsp3) is 0.727. The molecule has 0 amide bonds. The molecule has 1 saturated heterocycles. The van der Waals surface area contributed by atoms with Crippen molar-refractivity contribution in [3.8, 4) is 0 Å². The second-order valence-electron chi connectivity index (χ2n) is 4.19. The zero-order valence-electron chi connectivity index (χ0n) is 10.6. The Hall–Kier alpha value is -1.63. The third-order valence-electron chi connectivity index (χ3n) is 3.01. The lowest BCUT2D eigenvalue weighted by molar-refractivity contribution is -0.149. The lowest BCUT2D eigenvalue weighted by Crippen LogP contribution is -2.19. The quantitative estimate of drug-likeness (QED) is 0.816. The number of hydrogen-bond acceptors (Lipinski definition) is 5. The molecule has 7 nitrogen and oxygen atoms in total. The number of ether oxygens (including phenoxy) is 1. The number of aliphatic carboxylic acids is 1. The first-order chi connectivity index (χ1) is 8.67. The minimum atomic E-state index is -0.910. The topological polar surface area (TPSA) is 89.3 Å². The van der Waals surface area contributed by atoms with E-state index < -0.39 is 12.1 Å². The minimum absolute atomic E-state index is 0.272. The van der Waals surface area contributed by atoms with Crippen LogP contribution in [0.1, 0.15) is 38.6 Å². The number of carbonyl (C=O) groups is 1. The first-order valence-corrected chi connectivity index (χ1v) is 6.22. The van der Waals surface area contributed by atoms with Crippen LogP contribution in [0.5, 0.6) is 0 Å². The van der Waals surface area contributed by atoms with Crippen LogP contribution in [0.2, 0.25) is 0 Å². The molecule has 0 radical (unpaired) electrons. The van der Waals surface area contributed by atoms with Crippen molar-refractivity contribution in [1.82, 2.24) is 14.8 Å². The maximum atomic E-state index is 10.9.